The van der Waals surface area contributed by atoms with Crippen molar-refractivity contribution in [1.29, 1.82) is 0 Å². The highest BCUT2D eigenvalue weighted by atomic mass is 32.2. The van der Waals surface area contributed by atoms with E-state index in [0.29, 0.717) is 16.7 Å². The van der Waals surface area contributed by atoms with Crippen molar-refractivity contribution in [3.05, 3.63) is 48.5 Å². The molecule has 0 bridgehead atoms. The molecule has 0 spiro atoms. The van der Waals surface area contributed by atoms with Crippen LogP contribution in [0.1, 0.15) is 13.8 Å². The summed E-state index contributed by atoms with van der Waals surface area (Å²) >= 11 is 1.21. The van der Waals surface area contributed by atoms with E-state index in [9.17, 15) is 4.79 Å². The number of anilines is 1. The molecule has 8 nitrogen and oxygen atoms in total. The number of hydrogen-bond donors (Lipinski definition) is 2. The number of hydrogen-bond acceptors (Lipinski definition) is 7. The second-order valence-corrected chi connectivity index (χ2v) is 7.38. The molecule has 29 heavy (non-hydrogen) atoms. The van der Waals surface area contributed by atoms with Crippen LogP contribution in [0.3, 0.4) is 0 Å². The summed E-state index contributed by atoms with van der Waals surface area (Å²) in [6.45, 7) is 3.92. The minimum absolute atomic E-state index is 0.0660. The molecule has 9 heteroatoms. The van der Waals surface area contributed by atoms with Crippen LogP contribution in [0.25, 0.3) is 11.4 Å². The highest BCUT2D eigenvalue weighted by Crippen LogP contribution is 2.25. The number of ether oxygens (including phenoxy) is 2. The summed E-state index contributed by atoms with van der Waals surface area (Å²) in [6.07, 6.45) is 0.0660. The lowest BCUT2D eigenvalue weighted by Gasteiger charge is -2.10. The lowest BCUT2D eigenvalue weighted by molar-refractivity contribution is -0.113. The van der Waals surface area contributed by atoms with Gasteiger partial charge in [0.1, 0.15) is 11.5 Å². The minimum Gasteiger partial charge on any atom is -0.497 e. The lowest BCUT2D eigenvalue weighted by atomic mass is 10.2. The van der Waals surface area contributed by atoms with Gasteiger partial charge in [0, 0.05) is 11.3 Å². The Kier molecular flexibility index (Phi) is 6.61. The molecule has 0 saturated heterocycles. The highest BCUT2D eigenvalue weighted by molar-refractivity contribution is 7.99. The molecule has 0 saturated carbocycles. The molecule has 2 aromatic carbocycles. The van der Waals surface area contributed by atoms with Gasteiger partial charge in [0.2, 0.25) is 11.1 Å². The Hall–Kier alpha value is -3.20. The molecule has 0 aliphatic carbocycles. The number of nitrogen functional groups attached to an aromatic ring is 1. The fourth-order valence-electron chi connectivity index (χ4n) is 2.55. The van der Waals surface area contributed by atoms with Crippen LogP contribution in [0.15, 0.2) is 53.7 Å². The second-order valence-electron chi connectivity index (χ2n) is 6.44. The fourth-order valence-corrected chi connectivity index (χ4v) is 3.21. The van der Waals surface area contributed by atoms with E-state index >= 15 is 0 Å². The summed E-state index contributed by atoms with van der Waals surface area (Å²) in [4.78, 5) is 12.2. The van der Waals surface area contributed by atoms with Crippen molar-refractivity contribution in [3.63, 3.8) is 0 Å². The zero-order valence-electron chi connectivity index (χ0n) is 16.5. The zero-order chi connectivity index (χ0) is 20.8. The van der Waals surface area contributed by atoms with E-state index in [2.05, 4.69) is 15.5 Å². The van der Waals surface area contributed by atoms with Crippen LogP contribution >= 0.6 is 11.8 Å². The van der Waals surface area contributed by atoms with Crippen molar-refractivity contribution < 1.29 is 14.3 Å². The molecule has 3 rings (SSSR count). The second kappa shape index (κ2) is 9.33. The SMILES string of the molecule is COc1ccc(NC(=O)CSc2nnc(-c3cccc(OC(C)C)c3)n2N)cc1. The van der Waals surface area contributed by atoms with Crippen LogP contribution in [0, 0.1) is 0 Å². The summed E-state index contributed by atoms with van der Waals surface area (Å²) in [6, 6.07) is 14.6. The van der Waals surface area contributed by atoms with Gasteiger partial charge >= 0.3 is 0 Å². The summed E-state index contributed by atoms with van der Waals surface area (Å²) in [5.74, 6) is 8.08. The van der Waals surface area contributed by atoms with Gasteiger partial charge in [-0.15, -0.1) is 10.2 Å². The molecule has 0 aliphatic rings. The zero-order valence-corrected chi connectivity index (χ0v) is 17.3. The Labute approximate surface area is 173 Å². The number of carbonyl (C=O) groups excluding carboxylic acids is 1. The van der Waals surface area contributed by atoms with Crippen LogP contribution in [0.2, 0.25) is 0 Å². The van der Waals surface area contributed by atoms with Gasteiger partial charge in [-0.05, 0) is 50.2 Å². The third kappa shape index (κ3) is 5.41. The largest absolute Gasteiger partial charge is 0.497 e. The summed E-state index contributed by atoms with van der Waals surface area (Å²) < 4.78 is 12.2. The third-order valence-corrected chi connectivity index (χ3v) is 4.78. The summed E-state index contributed by atoms with van der Waals surface area (Å²) in [5, 5.41) is 11.5. The van der Waals surface area contributed by atoms with Crippen LogP contribution in [-0.4, -0.2) is 39.7 Å². The molecule has 0 radical (unpaired) electrons. The van der Waals surface area contributed by atoms with Gasteiger partial charge in [-0.2, -0.15) is 0 Å². The molecule has 0 atom stereocenters. The maximum atomic E-state index is 12.2. The van der Waals surface area contributed by atoms with Crippen molar-refractivity contribution in [1.82, 2.24) is 14.9 Å². The molecule has 0 aliphatic heterocycles. The Morgan fingerprint density at radius 2 is 1.93 bits per heavy atom. The molecule has 0 unspecified atom stereocenters. The molecule has 0 fully saturated rings. The van der Waals surface area contributed by atoms with Gasteiger partial charge in [0.05, 0.1) is 19.0 Å². The van der Waals surface area contributed by atoms with E-state index in [4.69, 9.17) is 15.3 Å². The average molecular weight is 414 g/mol. The molecule has 1 aromatic heterocycles. The maximum Gasteiger partial charge on any atom is 0.234 e. The molecule has 1 amide bonds. The smallest absolute Gasteiger partial charge is 0.234 e. The van der Waals surface area contributed by atoms with Gasteiger partial charge in [-0.3, -0.25) is 4.79 Å². The maximum absolute atomic E-state index is 12.2. The van der Waals surface area contributed by atoms with Crippen molar-refractivity contribution in [2.75, 3.05) is 24.0 Å². The Morgan fingerprint density at radius 1 is 1.17 bits per heavy atom. The standard InChI is InChI=1S/C20H23N5O3S/c1-13(2)28-17-6-4-5-14(11-17)19-23-24-20(25(19)21)29-12-18(26)22-15-7-9-16(27-3)10-8-15/h4-11,13H,12,21H2,1-3H3,(H,22,26). The number of carbonyl (C=O) groups is 1. The number of thioether (sulfide) groups is 1. The number of nitrogens with zero attached hydrogens (tertiary/aromatic N) is 3. The monoisotopic (exact) mass is 413 g/mol. The van der Waals surface area contributed by atoms with E-state index in [1.54, 1.807) is 31.4 Å². The number of nitrogens with two attached hydrogens (primary N) is 1. The molecule has 152 valence electrons. The lowest BCUT2D eigenvalue weighted by Crippen LogP contribution is -2.16. The highest BCUT2D eigenvalue weighted by Gasteiger charge is 2.14. The van der Waals surface area contributed by atoms with Crippen molar-refractivity contribution in [2.45, 2.75) is 25.1 Å². The predicted molar refractivity (Wildman–Crippen MR) is 114 cm³/mol. The average Bonchev–Trinajstić information content (AvgIpc) is 3.07. The van der Waals surface area contributed by atoms with E-state index in [1.165, 1.54) is 16.4 Å². The van der Waals surface area contributed by atoms with Crippen molar-refractivity contribution >= 4 is 23.4 Å². The van der Waals surface area contributed by atoms with Crippen molar-refractivity contribution in [3.8, 4) is 22.9 Å². The van der Waals surface area contributed by atoms with Gasteiger partial charge in [-0.25, -0.2) is 4.68 Å². The van der Waals surface area contributed by atoms with E-state index < -0.39 is 0 Å². The summed E-state index contributed by atoms with van der Waals surface area (Å²) in [7, 11) is 1.59. The number of amides is 1. The van der Waals surface area contributed by atoms with Gasteiger partial charge in [0.25, 0.3) is 0 Å². The van der Waals surface area contributed by atoms with Crippen LogP contribution in [0.4, 0.5) is 5.69 Å². The Balaban J connectivity index is 1.62. The van der Waals surface area contributed by atoms with Crippen LogP contribution in [-0.2, 0) is 4.79 Å². The quantitative estimate of drug-likeness (QED) is 0.432. The van der Waals surface area contributed by atoms with E-state index in [0.717, 1.165) is 17.1 Å². The third-order valence-electron chi connectivity index (χ3n) is 3.83. The Morgan fingerprint density at radius 3 is 2.62 bits per heavy atom. The van der Waals surface area contributed by atoms with Crippen LogP contribution < -0.4 is 20.6 Å². The first-order chi connectivity index (χ1) is 14.0. The van der Waals surface area contributed by atoms with E-state index in [-0.39, 0.29) is 17.8 Å². The number of rotatable bonds is 8. The molecule has 3 N–H and O–H groups in total. The minimum atomic E-state index is -0.169. The predicted octanol–water partition coefficient (Wildman–Crippen LogP) is 3.19. The molecular formula is C20H23N5O3S. The number of methoxy groups -OCH3 is 1. The number of benzene rings is 2. The van der Waals surface area contributed by atoms with Gasteiger partial charge in [-0.1, -0.05) is 23.9 Å². The fraction of sp³-hybridized carbons (Fsp3) is 0.250. The first kappa shape index (κ1) is 20.5. The first-order valence-electron chi connectivity index (χ1n) is 9.00. The van der Waals surface area contributed by atoms with Gasteiger partial charge in [0.15, 0.2) is 5.82 Å². The normalized spacial score (nSPS) is 10.8. The molecular weight excluding hydrogens is 390 g/mol. The molecule has 1 heterocycles. The number of nitrogens with one attached hydrogen (secondary N) is 1. The molecule has 3 aromatic rings. The van der Waals surface area contributed by atoms with Gasteiger partial charge < -0.3 is 20.6 Å². The Bertz CT molecular complexity index is 973. The first-order valence-corrected chi connectivity index (χ1v) is 9.99. The van der Waals surface area contributed by atoms with Crippen LogP contribution in [0.5, 0.6) is 11.5 Å². The van der Waals surface area contributed by atoms with E-state index in [1.807, 2.05) is 38.1 Å². The topological polar surface area (TPSA) is 104 Å². The number of aromatic nitrogens is 3. The summed E-state index contributed by atoms with van der Waals surface area (Å²) in [5.41, 5.74) is 1.47. The van der Waals surface area contributed by atoms with Crippen molar-refractivity contribution in [2.24, 2.45) is 0 Å².